The van der Waals surface area contributed by atoms with Crippen molar-refractivity contribution in [3.63, 3.8) is 0 Å². The van der Waals surface area contributed by atoms with Gasteiger partial charge >= 0.3 is 0 Å². The van der Waals surface area contributed by atoms with Crippen molar-refractivity contribution in [2.24, 2.45) is 0 Å². The predicted molar refractivity (Wildman–Crippen MR) is 317 cm³/mol. The highest BCUT2D eigenvalue weighted by atomic mass is 79.9. The third-order valence-corrected chi connectivity index (χ3v) is 22.2. The molecule has 0 aromatic carbocycles. The molecule has 89 heavy (non-hydrogen) atoms. The Morgan fingerprint density at radius 2 is 0.360 bits per heavy atom. The Morgan fingerprint density at radius 3 is 0.596 bits per heavy atom. The maximum Gasteiger partial charge on any atom is 0.187 e. The van der Waals surface area contributed by atoms with E-state index in [1.54, 1.807) is 0 Å². The van der Waals surface area contributed by atoms with E-state index in [1.165, 1.54) is 0 Å². The van der Waals surface area contributed by atoms with Crippen molar-refractivity contribution >= 4 is 127 Å². The van der Waals surface area contributed by atoms with Crippen molar-refractivity contribution in [2.45, 2.75) is 246 Å². The molecule has 516 valence electrons. The zero-order chi connectivity index (χ0) is 64.2. The van der Waals surface area contributed by atoms with Gasteiger partial charge in [0.1, 0.15) is 153 Å². The molecule has 0 saturated carbocycles. The molecule has 40 heteroatoms. The van der Waals surface area contributed by atoms with E-state index in [9.17, 15) is 71.5 Å². The van der Waals surface area contributed by atoms with Crippen LogP contribution in [0.15, 0.2) is 0 Å². The fourth-order valence-corrected chi connectivity index (χ4v) is 16.4. The maximum absolute atomic E-state index is 12.0. The molecule has 32 nitrogen and oxygen atoms in total. The third-order valence-electron chi connectivity index (χ3n) is 17.1. The summed E-state index contributed by atoms with van der Waals surface area (Å²) in [5.41, 5.74) is 0. The summed E-state index contributed by atoms with van der Waals surface area (Å²) in [7, 11) is 0. The van der Waals surface area contributed by atoms with Gasteiger partial charge in [-0.1, -0.05) is 127 Å². The lowest BCUT2D eigenvalue weighted by molar-refractivity contribution is -0.410. The molecule has 34 saturated heterocycles. The summed E-state index contributed by atoms with van der Waals surface area (Å²) >= 11 is 26.8. The van der Waals surface area contributed by atoms with Gasteiger partial charge in [0.25, 0.3) is 0 Å². The second-order valence-electron chi connectivity index (χ2n) is 22.6. The Morgan fingerprint density at radius 1 is 0.180 bits per heavy atom. The normalized spacial score (nSPS) is 55.5. The molecule has 14 N–H and O–H groups in total. The Labute approximate surface area is 574 Å². The van der Waals surface area contributed by atoms with E-state index in [0.29, 0.717) is 0 Å². The zero-order valence-electron chi connectivity index (χ0n) is 46.1. The van der Waals surface area contributed by atoms with Gasteiger partial charge in [-0.2, -0.15) is 0 Å². The summed E-state index contributed by atoms with van der Waals surface area (Å²) in [5.74, 6) is 0. The Kier molecular flexibility index (Phi) is 27.1. The molecule has 34 aliphatic heterocycles. The van der Waals surface area contributed by atoms with E-state index in [-0.39, 0.29) is 42.6 Å². The van der Waals surface area contributed by atoms with Crippen LogP contribution in [0.4, 0.5) is 0 Å². The Hall–Kier alpha value is 2.56. The number of rotatable bonds is 8. The SMILES string of the molecule is O[C@@H]1[C@@H](O)[C@H]2O[C@H]3[C@H](O)[C@@H](O)[C@@H](O[C@H]4[C@H](O)[C@@H](O)[C@@H](O[C@H]5[C@H](O)[C@H]6OCO[C@@H]7[C@@H](O)[C@@H](O[C@H]8[C@H](O)[C@@H](O)[C@@H](O[C@H]9[C@H](O)[C@@H](O)[C@@H](O[C@H]%10[C@H](O)[C@@H](O)[C@@H](O[C@@H]1[C@@H](CBr)O2)O[C@@H]%10CBr)O[C@@H]9CBr)O[C@@H]8CBr)O[C@H](CBr)[C@H]7O[C@H]6O[C@@H]5CBr)O[C@@H]4CBr)O[C@@H]3CBr. The smallest absolute Gasteiger partial charge is 0.187 e. The summed E-state index contributed by atoms with van der Waals surface area (Å²) in [6, 6.07) is 0. The van der Waals surface area contributed by atoms with E-state index in [0.717, 1.165) is 0 Å². The standard InChI is InChI=1S/C49H72Br8O32/c50-1-10-32-18(58)25(65)43(75-10)84-34-12(3-52)77-45(27(67)20(34)60)86-36-14(5-54)79-47(29(69)22(36)62)88-38-16(7-56)81-49-41(30(38)70)73-9-72-40-31(71)48(80-17(8-57)39(40)89-49)87-37-15(6-55)78-46(28(68)23(37)63)85-35-13(4-53)76-44(26(66)21(35)61)83-33-11(2-51)74-42(82-32)24(64)19(33)59/h10-49,58-71H,1-9H2/t10-,11-,12-,13-,14-,15-,16-,17-,18-,19-,20-,21-,22-,23-,24-,25-,26-,27-,28-,29-,30+,31-,32-,33-,34-,35-,36-,37-,38-,39-,40-,41-,42-,43-,44-,45-,46-,47-,48-,49-/m1/s1. The van der Waals surface area contributed by atoms with Gasteiger partial charge in [0, 0.05) is 42.6 Å². The first-order valence-electron chi connectivity index (χ1n) is 28.3. The van der Waals surface area contributed by atoms with Crippen molar-refractivity contribution in [1.82, 2.24) is 0 Å². The monoisotopic (exact) mass is 1800 g/mol. The maximum atomic E-state index is 12.0. The number of aliphatic hydroxyl groups is 14. The largest absolute Gasteiger partial charge is 0.387 e. The van der Waals surface area contributed by atoms with Crippen LogP contribution in [0.25, 0.3) is 0 Å². The van der Waals surface area contributed by atoms with Gasteiger partial charge in [0.15, 0.2) is 50.3 Å². The van der Waals surface area contributed by atoms with Crippen molar-refractivity contribution in [3.05, 3.63) is 0 Å². The van der Waals surface area contributed by atoms with Crippen LogP contribution >= 0.6 is 127 Å². The molecule has 40 atom stereocenters. The summed E-state index contributed by atoms with van der Waals surface area (Å²) in [6.07, 6.45) is -63.6. The molecule has 0 unspecified atom stereocenters. The molecule has 34 heterocycles. The van der Waals surface area contributed by atoms with Gasteiger partial charge in [-0.15, -0.1) is 0 Å². The average Bonchev–Trinajstić information content (AvgIpc) is 2.26. The van der Waals surface area contributed by atoms with Crippen LogP contribution in [0.1, 0.15) is 0 Å². The lowest BCUT2D eigenvalue weighted by Crippen LogP contribution is -2.69. The van der Waals surface area contributed by atoms with Gasteiger partial charge in [-0.3, -0.25) is 0 Å². The van der Waals surface area contributed by atoms with Crippen LogP contribution in [-0.4, -0.2) is 367 Å². The fourth-order valence-electron chi connectivity index (χ4n) is 12.3. The first-order valence-corrected chi connectivity index (χ1v) is 37.2. The highest BCUT2D eigenvalue weighted by Crippen LogP contribution is 2.42. The fraction of sp³-hybridized carbons (Fsp3) is 1.00. The number of ether oxygens (including phenoxy) is 18. The van der Waals surface area contributed by atoms with Crippen LogP contribution in [0.5, 0.6) is 0 Å². The van der Waals surface area contributed by atoms with Crippen molar-refractivity contribution in [2.75, 3.05) is 49.4 Å². The molecular formula is C49H72Br8O32. The van der Waals surface area contributed by atoms with Crippen LogP contribution in [0, 0.1) is 0 Å². The van der Waals surface area contributed by atoms with Crippen LogP contribution in [0.2, 0.25) is 0 Å². The summed E-state index contributed by atoms with van der Waals surface area (Å²) in [4.78, 5) is 0. The van der Waals surface area contributed by atoms with E-state index in [2.05, 4.69) is 127 Å². The zero-order valence-corrected chi connectivity index (χ0v) is 58.8. The average molecular weight is 1810 g/mol. The van der Waals surface area contributed by atoms with Gasteiger partial charge < -0.3 is 157 Å². The minimum Gasteiger partial charge on any atom is -0.387 e. The molecule has 0 spiro atoms. The minimum atomic E-state index is -1.97. The molecule has 18 bridgehead atoms. The summed E-state index contributed by atoms with van der Waals surface area (Å²) < 4.78 is 110. The number of aliphatic hydroxyl groups excluding tert-OH is 14. The number of alkyl halides is 8. The topological polar surface area (TPSA) is 449 Å². The Balaban J connectivity index is 0.917. The lowest BCUT2D eigenvalue weighted by Gasteiger charge is -2.52. The molecule has 34 fully saturated rings. The van der Waals surface area contributed by atoms with Crippen LogP contribution in [-0.2, 0) is 85.3 Å². The first-order chi connectivity index (χ1) is 42.6. The van der Waals surface area contributed by atoms with Gasteiger partial charge in [-0.05, 0) is 0 Å². The van der Waals surface area contributed by atoms with Crippen molar-refractivity contribution < 1.29 is 157 Å². The van der Waals surface area contributed by atoms with E-state index in [4.69, 9.17) is 85.3 Å². The highest BCUT2D eigenvalue weighted by molar-refractivity contribution is 9.10. The van der Waals surface area contributed by atoms with Gasteiger partial charge in [0.05, 0.1) is 48.8 Å². The number of hydrogen-bond donors (Lipinski definition) is 14. The van der Waals surface area contributed by atoms with Gasteiger partial charge in [0.2, 0.25) is 0 Å². The van der Waals surface area contributed by atoms with Crippen molar-refractivity contribution in [3.8, 4) is 0 Å². The van der Waals surface area contributed by atoms with E-state index in [1.807, 2.05) is 0 Å². The van der Waals surface area contributed by atoms with E-state index >= 15 is 0 Å². The highest BCUT2D eigenvalue weighted by Gasteiger charge is 2.61. The molecule has 0 aliphatic carbocycles. The minimum absolute atomic E-state index is 0.0205. The molecule has 34 aliphatic rings. The van der Waals surface area contributed by atoms with E-state index < -0.39 is 252 Å². The second-order valence-corrected chi connectivity index (χ2v) is 27.8. The molecule has 0 aromatic heterocycles. The van der Waals surface area contributed by atoms with Crippen LogP contribution in [0.3, 0.4) is 0 Å². The molecule has 0 aromatic rings. The quantitative estimate of drug-likeness (QED) is 0.101. The van der Waals surface area contributed by atoms with Crippen molar-refractivity contribution in [1.29, 1.82) is 0 Å². The Bertz CT molecular complexity index is 2220. The number of halogens is 8. The summed E-state index contributed by atoms with van der Waals surface area (Å²) in [5, 5.41) is 163. The third kappa shape index (κ3) is 15.1. The second kappa shape index (κ2) is 32.5. The number of hydrogen-bond acceptors (Lipinski definition) is 32. The predicted octanol–water partition coefficient (Wildman–Crippen LogP) is -5.17. The van der Waals surface area contributed by atoms with Gasteiger partial charge in [-0.25, -0.2) is 0 Å². The first kappa shape index (κ1) is 74.3. The molecule has 34 rings (SSSR count). The lowest BCUT2D eigenvalue weighted by atomic mass is 9.95. The van der Waals surface area contributed by atoms with Crippen LogP contribution < -0.4 is 0 Å². The molecule has 0 amide bonds. The molecular weight excluding hydrogens is 1740 g/mol. The summed E-state index contributed by atoms with van der Waals surface area (Å²) in [6.45, 7) is -0.607. The molecule has 0 radical (unpaired) electrons.